The molecule has 0 fully saturated rings. The average molecular weight is 420 g/mol. The fourth-order valence-electron chi connectivity index (χ4n) is 3.68. The van der Waals surface area contributed by atoms with E-state index in [2.05, 4.69) is 46.6 Å². The van der Waals surface area contributed by atoms with Gasteiger partial charge in [-0.2, -0.15) is 0 Å². The molecule has 2 heterocycles. The van der Waals surface area contributed by atoms with Crippen LogP contribution in [-0.2, 0) is 0 Å². The first kappa shape index (κ1) is 20.3. The average Bonchev–Trinajstić information content (AvgIpc) is 3.27. The van der Waals surface area contributed by atoms with Crippen molar-refractivity contribution in [2.24, 2.45) is 0 Å². The summed E-state index contributed by atoms with van der Waals surface area (Å²) in [7, 11) is 1.64. The lowest BCUT2D eigenvalue weighted by Gasteiger charge is -2.12. The molecule has 0 amide bonds. The van der Waals surface area contributed by atoms with Crippen LogP contribution in [0, 0.1) is 27.7 Å². The molecule has 6 heteroatoms. The van der Waals surface area contributed by atoms with Crippen molar-refractivity contribution < 1.29 is 9.53 Å². The van der Waals surface area contributed by atoms with Gasteiger partial charge in [0.25, 0.3) is 0 Å². The van der Waals surface area contributed by atoms with Crippen LogP contribution in [0.3, 0.4) is 0 Å². The van der Waals surface area contributed by atoms with Gasteiger partial charge in [-0.15, -0.1) is 0 Å². The number of hydrogen-bond acceptors (Lipinski definition) is 4. The monoisotopic (exact) mass is 419 g/mol. The zero-order chi connectivity index (χ0) is 21.4. The molecule has 4 aromatic rings. The Hall–Kier alpha value is -2.99. The number of aryl methyl sites for hydroxylation is 3. The second-order valence-electron chi connectivity index (χ2n) is 7.53. The Bertz CT molecular complexity index is 1250. The molecule has 0 atom stereocenters. The third-order valence-electron chi connectivity index (χ3n) is 5.49. The number of fused-ring (bicyclic) bond motifs is 1. The lowest BCUT2D eigenvalue weighted by atomic mass is 10.1. The molecular weight excluding hydrogens is 394 g/mol. The van der Waals surface area contributed by atoms with Gasteiger partial charge in [-0.3, -0.25) is 4.79 Å². The lowest BCUT2D eigenvalue weighted by molar-refractivity contribution is 0.102. The number of thioether (sulfide) groups is 1. The van der Waals surface area contributed by atoms with Crippen molar-refractivity contribution in [3.05, 3.63) is 70.5 Å². The first-order valence-corrected chi connectivity index (χ1v) is 10.8. The van der Waals surface area contributed by atoms with Crippen molar-refractivity contribution in [1.82, 2.24) is 14.5 Å². The highest BCUT2D eigenvalue weighted by atomic mass is 32.2. The van der Waals surface area contributed by atoms with Crippen molar-refractivity contribution in [2.45, 2.75) is 32.9 Å². The Balaban J connectivity index is 1.54. The van der Waals surface area contributed by atoms with Crippen LogP contribution in [0.2, 0.25) is 0 Å². The molecule has 30 heavy (non-hydrogen) atoms. The van der Waals surface area contributed by atoms with Gasteiger partial charge in [0.15, 0.2) is 10.9 Å². The number of carbonyl (C=O) groups is 1. The number of rotatable bonds is 6. The smallest absolute Gasteiger partial charge is 0.175 e. The van der Waals surface area contributed by atoms with E-state index in [1.54, 1.807) is 7.11 Å². The van der Waals surface area contributed by atoms with E-state index in [0.717, 1.165) is 44.6 Å². The standard InChI is InChI=1S/C24H25N3O2S/c1-14-6-7-18(10-15(14)2)27-16(3)11-20(17(27)4)23(28)13-30-24-25-21-9-8-19(29-5)12-22(21)26-24/h6-12H,13H2,1-5H3,(H,25,26). The van der Waals surface area contributed by atoms with Gasteiger partial charge in [0.2, 0.25) is 0 Å². The second-order valence-corrected chi connectivity index (χ2v) is 8.49. The Kier molecular flexibility index (Phi) is 5.43. The third-order valence-corrected chi connectivity index (χ3v) is 6.36. The van der Waals surface area contributed by atoms with Gasteiger partial charge in [0, 0.05) is 28.7 Å². The molecule has 4 rings (SSSR count). The minimum Gasteiger partial charge on any atom is -0.497 e. The van der Waals surface area contributed by atoms with Crippen LogP contribution in [0.1, 0.15) is 32.9 Å². The van der Waals surface area contributed by atoms with E-state index in [-0.39, 0.29) is 5.78 Å². The molecule has 0 aliphatic heterocycles. The molecule has 0 aliphatic carbocycles. The topological polar surface area (TPSA) is 59.9 Å². The number of methoxy groups -OCH3 is 1. The van der Waals surface area contributed by atoms with E-state index in [9.17, 15) is 4.79 Å². The number of ketones is 1. The molecule has 5 nitrogen and oxygen atoms in total. The number of H-pyrrole nitrogens is 1. The number of Topliss-reactive ketones (excluding diaryl/α,β-unsaturated/α-hetero) is 1. The molecule has 2 aromatic carbocycles. The summed E-state index contributed by atoms with van der Waals surface area (Å²) in [5, 5.41) is 0.731. The van der Waals surface area contributed by atoms with Crippen molar-refractivity contribution in [2.75, 3.05) is 12.9 Å². The maximum Gasteiger partial charge on any atom is 0.175 e. The number of aromatic amines is 1. The Morgan fingerprint density at radius 2 is 1.87 bits per heavy atom. The number of carbonyl (C=O) groups excluding carboxylic acids is 1. The van der Waals surface area contributed by atoms with Crippen molar-refractivity contribution in [1.29, 1.82) is 0 Å². The molecule has 0 saturated carbocycles. The Morgan fingerprint density at radius 1 is 1.07 bits per heavy atom. The number of benzene rings is 2. The summed E-state index contributed by atoms with van der Waals surface area (Å²) in [6, 6.07) is 14.1. The van der Waals surface area contributed by atoms with Crippen molar-refractivity contribution in [3.8, 4) is 11.4 Å². The van der Waals surface area contributed by atoms with Crippen LogP contribution in [0.4, 0.5) is 0 Å². The summed E-state index contributed by atoms with van der Waals surface area (Å²) in [5.41, 5.74) is 8.14. The maximum atomic E-state index is 13.0. The van der Waals surface area contributed by atoms with Crippen LogP contribution >= 0.6 is 11.8 Å². The molecule has 0 unspecified atom stereocenters. The van der Waals surface area contributed by atoms with E-state index < -0.39 is 0 Å². The van der Waals surface area contributed by atoms with Gasteiger partial charge in [0.05, 0.1) is 23.9 Å². The minimum absolute atomic E-state index is 0.0984. The molecule has 0 aliphatic rings. The van der Waals surface area contributed by atoms with E-state index in [4.69, 9.17) is 4.74 Å². The van der Waals surface area contributed by atoms with Crippen molar-refractivity contribution in [3.63, 3.8) is 0 Å². The quantitative estimate of drug-likeness (QED) is 0.328. The predicted octanol–water partition coefficient (Wildman–Crippen LogP) is 5.57. The highest BCUT2D eigenvalue weighted by molar-refractivity contribution is 7.99. The summed E-state index contributed by atoms with van der Waals surface area (Å²) >= 11 is 1.42. The predicted molar refractivity (Wildman–Crippen MR) is 122 cm³/mol. The van der Waals surface area contributed by atoms with Crippen LogP contribution < -0.4 is 4.74 Å². The maximum absolute atomic E-state index is 13.0. The van der Waals surface area contributed by atoms with E-state index >= 15 is 0 Å². The van der Waals surface area contributed by atoms with Gasteiger partial charge in [-0.05, 0) is 69.2 Å². The lowest BCUT2D eigenvalue weighted by Crippen LogP contribution is -2.06. The van der Waals surface area contributed by atoms with Crippen LogP contribution in [0.25, 0.3) is 16.7 Å². The fourth-order valence-corrected chi connectivity index (χ4v) is 4.45. The number of hydrogen-bond donors (Lipinski definition) is 1. The van der Waals surface area contributed by atoms with Crippen LogP contribution in [0.5, 0.6) is 5.75 Å². The van der Waals surface area contributed by atoms with Gasteiger partial charge in [-0.25, -0.2) is 4.98 Å². The summed E-state index contributed by atoms with van der Waals surface area (Å²) < 4.78 is 7.40. The SMILES string of the molecule is COc1ccc2nc(SCC(=O)c3cc(C)n(-c4ccc(C)c(C)c4)c3C)[nH]c2c1. The van der Waals surface area contributed by atoms with E-state index in [0.29, 0.717) is 5.75 Å². The van der Waals surface area contributed by atoms with E-state index in [1.807, 2.05) is 38.1 Å². The van der Waals surface area contributed by atoms with Gasteiger partial charge in [-0.1, -0.05) is 17.8 Å². The van der Waals surface area contributed by atoms with Gasteiger partial charge >= 0.3 is 0 Å². The molecule has 0 bridgehead atoms. The number of ether oxygens (including phenoxy) is 1. The Labute approximate surface area is 180 Å². The first-order valence-electron chi connectivity index (χ1n) is 9.83. The summed E-state index contributed by atoms with van der Waals surface area (Å²) in [6.45, 7) is 8.26. The van der Waals surface area contributed by atoms with Crippen LogP contribution in [-0.4, -0.2) is 33.2 Å². The summed E-state index contributed by atoms with van der Waals surface area (Å²) in [6.07, 6.45) is 0. The number of imidazole rings is 1. The Morgan fingerprint density at radius 3 is 2.60 bits per heavy atom. The van der Waals surface area contributed by atoms with Crippen molar-refractivity contribution >= 4 is 28.6 Å². The zero-order valence-corrected chi connectivity index (χ0v) is 18.7. The molecule has 0 spiro atoms. The molecule has 2 aromatic heterocycles. The molecule has 1 N–H and O–H groups in total. The summed E-state index contributed by atoms with van der Waals surface area (Å²) in [4.78, 5) is 20.8. The first-order chi connectivity index (χ1) is 14.4. The van der Waals surface area contributed by atoms with Crippen LogP contribution in [0.15, 0.2) is 47.6 Å². The highest BCUT2D eigenvalue weighted by Crippen LogP contribution is 2.26. The number of nitrogens with zero attached hydrogens (tertiary/aromatic N) is 2. The normalized spacial score (nSPS) is 11.2. The molecule has 154 valence electrons. The highest BCUT2D eigenvalue weighted by Gasteiger charge is 2.18. The minimum atomic E-state index is 0.0984. The third kappa shape index (κ3) is 3.75. The summed E-state index contributed by atoms with van der Waals surface area (Å²) in [5.74, 6) is 1.20. The molecule has 0 saturated heterocycles. The van der Waals surface area contributed by atoms with Gasteiger partial charge in [0.1, 0.15) is 5.75 Å². The molecule has 0 radical (unpaired) electrons. The number of aromatic nitrogens is 3. The fraction of sp³-hybridized carbons (Fsp3) is 0.250. The molecular formula is C24H25N3O2S. The van der Waals surface area contributed by atoms with Gasteiger partial charge < -0.3 is 14.3 Å². The zero-order valence-electron chi connectivity index (χ0n) is 17.9. The largest absolute Gasteiger partial charge is 0.497 e. The number of nitrogens with one attached hydrogen (secondary N) is 1. The van der Waals surface area contributed by atoms with E-state index in [1.165, 1.54) is 22.9 Å². The second kappa shape index (κ2) is 8.03.